The lowest BCUT2D eigenvalue weighted by Crippen LogP contribution is -2.48. The fourth-order valence-corrected chi connectivity index (χ4v) is 6.78. The molecule has 1 aliphatic heterocycles. The molecule has 3 aromatic carbocycles. The van der Waals surface area contributed by atoms with E-state index < -0.39 is 10.0 Å². The van der Waals surface area contributed by atoms with Crippen molar-refractivity contribution in [3.63, 3.8) is 0 Å². The number of aromatic nitrogens is 1. The van der Waals surface area contributed by atoms with Crippen LogP contribution < -0.4 is 4.87 Å². The molecule has 0 N–H and O–H groups in total. The molecule has 0 bridgehead atoms. The molecule has 180 valence electrons. The second-order valence-corrected chi connectivity index (χ2v) is 11.5. The zero-order valence-electron chi connectivity index (χ0n) is 19.3. The quantitative estimate of drug-likeness (QED) is 0.379. The van der Waals surface area contributed by atoms with Crippen molar-refractivity contribution in [2.75, 3.05) is 32.7 Å². The zero-order chi connectivity index (χ0) is 24.3. The van der Waals surface area contributed by atoms with E-state index in [1.807, 2.05) is 48.5 Å². The van der Waals surface area contributed by atoms with Gasteiger partial charge in [-0.3, -0.25) is 14.3 Å². The number of fused-ring (bicyclic) bond motifs is 1. The van der Waals surface area contributed by atoms with Gasteiger partial charge in [-0.15, -0.1) is 0 Å². The van der Waals surface area contributed by atoms with Gasteiger partial charge in [0.05, 0.1) is 21.7 Å². The van der Waals surface area contributed by atoms with Gasteiger partial charge in [-0.05, 0) is 29.3 Å². The summed E-state index contributed by atoms with van der Waals surface area (Å²) in [5.41, 5.74) is 2.95. The Morgan fingerprint density at radius 1 is 0.857 bits per heavy atom. The Balaban J connectivity index is 1.26. The molecule has 0 saturated carbocycles. The molecular weight excluding hydrogens is 478 g/mol. The lowest BCUT2D eigenvalue weighted by atomic mass is 10.2. The molecule has 0 aliphatic carbocycles. The third kappa shape index (κ3) is 5.31. The van der Waals surface area contributed by atoms with Gasteiger partial charge in [0.15, 0.2) is 0 Å². The number of hydrogen-bond acceptors (Lipinski definition) is 5. The molecule has 35 heavy (non-hydrogen) atoms. The lowest BCUT2D eigenvalue weighted by Gasteiger charge is -2.33. The van der Waals surface area contributed by atoms with E-state index in [0.29, 0.717) is 37.4 Å². The van der Waals surface area contributed by atoms with Gasteiger partial charge in [-0.1, -0.05) is 84.2 Å². The first-order valence-electron chi connectivity index (χ1n) is 11.6. The van der Waals surface area contributed by atoms with Gasteiger partial charge in [-0.25, -0.2) is 8.42 Å². The molecular formula is C27H27N3O3S2. The molecule has 1 aliphatic rings. The van der Waals surface area contributed by atoms with Crippen LogP contribution in [-0.2, 0) is 16.6 Å². The van der Waals surface area contributed by atoms with Crippen molar-refractivity contribution in [3.05, 3.63) is 106 Å². The molecule has 1 aromatic heterocycles. The third-order valence-electron chi connectivity index (χ3n) is 6.27. The number of hydrogen-bond donors (Lipinski definition) is 0. The van der Waals surface area contributed by atoms with Crippen molar-refractivity contribution in [2.45, 2.75) is 11.4 Å². The summed E-state index contributed by atoms with van der Waals surface area (Å²) in [6.45, 7) is 3.52. The molecule has 0 atom stereocenters. The molecule has 6 nitrogen and oxygen atoms in total. The Bertz CT molecular complexity index is 1490. The maximum absolute atomic E-state index is 13.3. The van der Waals surface area contributed by atoms with E-state index >= 15 is 0 Å². The van der Waals surface area contributed by atoms with Crippen molar-refractivity contribution in [1.82, 2.24) is 13.8 Å². The summed E-state index contributed by atoms with van der Waals surface area (Å²) in [6, 6.07) is 25.0. The van der Waals surface area contributed by atoms with Crippen LogP contribution in [0, 0.1) is 0 Å². The summed E-state index contributed by atoms with van der Waals surface area (Å²) < 4.78 is 30.6. The largest absolute Gasteiger partial charge is 0.308 e. The summed E-state index contributed by atoms with van der Waals surface area (Å²) >= 11 is 1.09. The van der Waals surface area contributed by atoms with Crippen molar-refractivity contribution >= 4 is 37.7 Å². The summed E-state index contributed by atoms with van der Waals surface area (Å²) in [5.74, 6) is 0. The number of sulfonamides is 1. The molecule has 0 unspecified atom stereocenters. The van der Waals surface area contributed by atoms with E-state index in [4.69, 9.17) is 0 Å². The molecule has 1 saturated heterocycles. The predicted molar refractivity (Wildman–Crippen MR) is 142 cm³/mol. The number of benzene rings is 3. The molecule has 0 radical (unpaired) electrons. The standard InChI is InChI=1S/C27H27N3O3S2/c31-27-30(21-23-10-5-2-6-11-23)25-14-13-24(20-26(25)34-27)35(32,33)29-18-16-28(17-19-29)15-7-12-22-8-3-1-4-9-22/h1-14,20H,15-19,21H2/b12-7+. The molecule has 8 heteroatoms. The van der Waals surface area contributed by atoms with Crippen molar-refractivity contribution in [2.24, 2.45) is 0 Å². The van der Waals surface area contributed by atoms with Crippen LogP contribution in [0.25, 0.3) is 16.3 Å². The van der Waals surface area contributed by atoms with Crippen LogP contribution in [0.2, 0.25) is 0 Å². The summed E-state index contributed by atoms with van der Waals surface area (Å²) in [6.07, 6.45) is 4.21. The highest BCUT2D eigenvalue weighted by Crippen LogP contribution is 2.25. The van der Waals surface area contributed by atoms with E-state index in [1.54, 1.807) is 27.1 Å². The van der Waals surface area contributed by atoms with Gasteiger partial charge < -0.3 is 0 Å². The average Bonchev–Trinajstić information content (AvgIpc) is 3.19. The Kier molecular flexibility index (Phi) is 6.97. The molecule has 1 fully saturated rings. The van der Waals surface area contributed by atoms with Crippen LogP contribution in [0.1, 0.15) is 11.1 Å². The first-order valence-corrected chi connectivity index (χ1v) is 13.9. The number of thiazole rings is 1. The van der Waals surface area contributed by atoms with Gasteiger partial charge >= 0.3 is 4.87 Å². The molecule has 5 rings (SSSR count). The fourth-order valence-electron chi connectivity index (χ4n) is 4.33. The molecule has 2 heterocycles. The number of nitrogens with zero attached hydrogens (tertiary/aromatic N) is 3. The van der Waals surface area contributed by atoms with Crippen molar-refractivity contribution in [3.8, 4) is 0 Å². The summed E-state index contributed by atoms with van der Waals surface area (Å²) in [4.78, 5) is 15.0. The SMILES string of the molecule is O=c1sc2cc(S(=O)(=O)N3CCN(C/C=C/c4ccccc4)CC3)ccc2n1Cc1ccccc1. The van der Waals surface area contributed by atoms with Crippen LogP contribution in [0.3, 0.4) is 0 Å². The number of rotatable bonds is 7. The van der Waals surface area contributed by atoms with E-state index in [9.17, 15) is 13.2 Å². The van der Waals surface area contributed by atoms with Gasteiger partial charge in [0, 0.05) is 32.7 Å². The van der Waals surface area contributed by atoms with Crippen molar-refractivity contribution < 1.29 is 8.42 Å². The summed E-state index contributed by atoms with van der Waals surface area (Å²) in [7, 11) is -3.62. The Labute approximate surface area is 209 Å². The van der Waals surface area contributed by atoms with Crippen LogP contribution >= 0.6 is 11.3 Å². The highest BCUT2D eigenvalue weighted by molar-refractivity contribution is 7.89. The topological polar surface area (TPSA) is 62.6 Å². The van der Waals surface area contributed by atoms with Crippen LogP contribution in [0.4, 0.5) is 0 Å². The van der Waals surface area contributed by atoms with E-state index in [0.717, 1.165) is 34.5 Å². The maximum atomic E-state index is 13.3. The van der Waals surface area contributed by atoms with Gasteiger partial charge in [0.1, 0.15) is 0 Å². The Hall–Kier alpha value is -3.04. The van der Waals surface area contributed by atoms with Gasteiger partial charge in [-0.2, -0.15) is 4.31 Å². The second kappa shape index (κ2) is 10.3. The van der Waals surface area contributed by atoms with Crippen LogP contribution in [-0.4, -0.2) is 54.9 Å². The zero-order valence-corrected chi connectivity index (χ0v) is 20.9. The maximum Gasteiger partial charge on any atom is 0.308 e. The van der Waals surface area contributed by atoms with Gasteiger partial charge in [0.25, 0.3) is 0 Å². The summed E-state index contributed by atoms with van der Waals surface area (Å²) in [5, 5.41) is 0. The van der Waals surface area contributed by atoms with E-state index in [-0.39, 0.29) is 9.77 Å². The average molecular weight is 506 g/mol. The molecule has 0 amide bonds. The normalized spacial score (nSPS) is 15.8. The van der Waals surface area contributed by atoms with Crippen LogP contribution in [0.5, 0.6) is 0 Å². The minimum absolute atomic E-state index is 0.0874. The number of piperazine rings is 1. The Morgan fingerprint density at radius 3 is 2.26 bits per heavy atom. The first kappa shape index (κ1) is 23.7. The highest BCUT2D eigenvalue weighted by Gasteiger charge is 2.28. The monoisotopic (exact) mass is 505 g/mol. The molecule has 4 aromatic rings. The molecule has 0 spiro atoms. The van der Waals surface area contributed by atoms with E-state index in [2.05, 4.69) is 29.2 Å². The fraction of sp³-hybridized carbons (Fsp3) is 0.222. The first-order chi connectivity index (χ1) is 17.0. The lowest BCUT2D eigenvalue weighted by molar-refractivity contribution is 0.204. The highest BCUT2D eigenvalue weighted by atomic mass is 32.2. The van der Waals surface area contributed by atoms with Gasteiger partial charge in [0.2, 0.25) is 10.0 Å². The Morgan fingerprint density at radius 2 is 1.54 bits per heavy atom. The minimum Gasteiger partial charge on any atom is -0.297 e. The predicted octanol–water partition coefficient (Wildman–Crippen LogP) is 4.13. The van der Waals surface area contributed by atoms with Crippen LogP contribution in [0.15, 0.2) is 94.6 Å². The third-order valence-corrected chi connectivity index (χ3v) is 9.10. The van der Waals surface area contributed by atoms with E-state index in [1.165, 1.54) is 0 Å². The second-order valence-electron chi connectivity index (χ2n) is 8.59. The van der Waals surface area contributed by atoms with Crippen molar-refractivity contribution in [1.29, 1.82) is 0 Å². The minimum atomic E-state index is -3.62. The smallest absolute Gasteiger partial charge is 0.297 e.